The summed E-state index contributed by atoms with van der Waals surface area (Å²) in [6.07, 6.45) is 3.29. The first-order valence-corrected chi connectivity index (χ1v) is 7.14. The van der Waals surface area contributed by atoms with Crippen LogP contribution < -0.4 is 10.6 Å². The maximum Gasteiger partial charge on any atom is 0.337 e. The molecule has 1 aromatic carbocycles. The van der Waals surface area contributed by atoms with Crippen LogP contribution in [-0.4, -0.2) is 27.3 Å². The van der Waals surface area contributed by atoms with Crippen LogP contribution in [-0.2, 0) is 0 Å². The minimum atomic E-state index is -1.09. The van der Waals surface area contributed by atoms with Gasteiger partial charge in [-0.2, -0.15) is 5.10 Å². The van der Waals surface area contributed by atoms with E-state index in [0.717, 1.165) is 9.13 Å². The van der Waals surface area contributed by atoms with Crippen molar-refractivity contribution in [2.45, 2.75) is 13.0 Å². The summed E-state index contributed by atoms with van der Waals surface area (Å²) in [7, 11) is 0. The lowest BCUT2D eigenvalue weighted by Gasteiger charge is -2.14. The summed E-state index contributed by atoms with van der Waals surface area (Å²) < 4.78 is 0.780. The average Bonchev–Trinajstić information content (AvgIpc) is 2.94. The highest BCUT2D eigenvalue weighted by atomic mass is 127. The number of rotatable bonds is 4. The zero-order valence-electron chi connectivity index (χ0n) is 11.1. The summed E-state index contributed by atoms with van der Waals surface area (Å²) in [5.41, 5.74) is 1.12. The van der Waals surface area contributed by atoms with Gasteiger partial charge in [-0.3, -0.25) is 5.10 Å². The van der Waals surface area contributed by atoms with Crippen molar-refractivity contribution in [2.24, 2.45) is 0 Å². The minimum absolute atomic E-state index is 0.0491. The SMILES string of the molecule is CC(NC(=O)Nc1ccc(I)cc1C(=O)O)c1cn[nH]c1. The molecule has 0 fully saturated rings. The molecule has 1 aromatic heterocycles. The minimum Gasteiger partial charge on any atom is -0.478 e. The van der Waals surface area contributed by atoms with Gasteiger partial charge in [0, 0.05) is 15.3 Å². The zero-order valence-corrected chi connectivity index (χ0v) is 13.2. The highest BCUT2D eigenvalue weighted by Gasteiger charge is 2.15. The van der Waals surface area contributed by atoms with Crippen LogP contribution in [0.1, 0.15) is 28.9 Å². The van der Waals surface area contributed by atoms with Gasteiger partial charge in [-0.25, -0.2) is 9.59 Å². The van der Waals surface area contributed by atoms with E-state index in [4.69, 9.17) is 5.11 Å². The van der Waals surface area contributed by atoms with Gasteiger partial charge in [0.05, 0.1) is 23.5 Å². The van der Waals surface area contributed by atoms with Crippen molar-refractivity contribution < 1.29 is 14.7 Å². The number of halogens is 1. The smallest absolute Gasteiger partial charge is 0.337 e. The van der Waals surface area contributed by atoms with E-state index in [-0.39, 0.29) is 17.3 Å². The number of carbonyl (C=O) groups is 2. The van der Waals surface area contributed by atoms with Crippen LogP contribution in [0.4, 0.5) is 10.5 Å². The summed E-state index contributed by atoms with van der Waals surface area (Å²) in [4.78, 5) is 23.1. The van der Waals surface area contributed by atoms with Gasteiger partial charge in [0.15, 0.2) is 0 Å². The second kappa shape index (κ2) is 6.57. The van der Waals surface area contributed by atoms with Crippen LogP contribution >= 0.6 is 22.6 Å². The first kappa shape index (κ1) is 15.3. The van der Waals surface area contributed by atoms with E-state index in [0.29, 0.717) is 0 Å². The predicted octanol–water partition coefficient (Wildman–Crippen LogP) is 2.60. The molecule has 4 N–H and O–H groups in total. The molecule has 2 aromatic rings. The third kappa shape index (κ3) is 3.94. The molecule has 1 unspecified atom stereocenters. The molecule has 0 aliphatic carbocycles. The summed E-state index contributed by atoms with van der Waals surface area (Å²) in [5.74, 6) is -1.09. The Bertz CT molecular complexity index is 657. The van der Waals surface area contributed by atoms with Crippen molar-refractivity contribution in [3.63, 3.8) is 0 Å². The monoisotopic (exact) mass is 400 g/mol. The molecular formula is C13H13IN4O3. The summed E-state index contributed by atoms with van der Waals surface area (Å²) in [6.45, 7) is 1.80. The highest BCUT2D eigenvalue weighted by Crippen LogP contribution is 2.19. The fourth-order valence-corrected chi connectivity index (χ4v) is 2.23. The van der Waals surface area contributed by atoms with Crippen LogP contribution in [0.2, 0.25) is 0 Å². The van der Waals surface area contributed by atoms with E-state index < -0.39 is 12.0 Å². The maximum absolute atomic E-state index is 11.9. The van der Waals surface area contributed by atoms with Crippen molar-refractivity contribution in [2.75, 3.05) is 5.32 Å². The van der Waals surface area contributed by atoms with E-state index in [1.54, 1.807) is 31.5 Å². The molecule has 0 spiro atoms. The Hall–Kier alpha value is -2.10. The number of aromatic nitrogens is 2. The number of carboxylic acid groups (broad SMARTS) is 1. The quantitative estimate of drug-likeness (QED) is 0.592. The Balaban J connectivity index is 2.08. The maximum atomic E-state index is 11.9. The molecule has 21 heavy (non-hydrogen) atoms. The Morgan fingerprint density at radius 2 is 2.19 bits per heavy atom. The lowest BCUT2D eigenvalue weighted by Crippen LogP contribution is -2.31. The van der Waals surface area contributed by atoms with E-state index in [1.165, 1.54) is 6.07 Å². The van der Waals surface area contributed by atoms with Crippen LogP contribution in [0.25, 0.3) is 0 Å². The molecule has 0 aliphatic rings. The predicted molar refractivity (Wildman–Crippen MR) is 85.3 cm³/mol. The van der Waals surface area contributed by atoms with Crippen molar-refractivity contribution in [3.8, 4) is 0 Å². The largest absolute Gasteiger partial charge is 0.478 e. The first-order chi connectivity index (χ1) is 9.97. The van der Waals surface area contributed by atoms with Gasteiger partial charge in [0.25, 0.3) is 0 Å². The van der Waals surface area contributed by atoms with Crippen molar-refractivity contribution in [1.29, 1.82) is 0 Å². The number of aromatic amines is 1. The average molecular weight is 400 g/mol. The van der Waals surface area contributed by atoms with Gasteiger partial charge in [-0.1, -0.05) is 0 Å². The molecule has 7 nitrogen and oxygen atoms in total. The number of anilines is 1. The second-order valence-electron chi connectivity index (χ2n) is 4.35. The number of hydrogen-bond donors (Lipinski definition) is 4. The van der Waals surface area contributed by atoms with Crippen molar-refractivity contribution in [1.82, 2.24) is 15.5 Å². The van der Waals surface area contributed by atoms with Crippen molar-refractivity contribution in [3.05, 3.63) is 45.3 Å². The molecule has 0 bridgehead atoms. The summed E-state index contributed by atoms with van der Waals surface area (Å²) >= 11 is 2.01. The molecule has 0 aliphatic heterocycles. The van der Waals surface area contributed by atoms with Crippen molar-refractivity contribution >= 4 is 40.3 Å². The Labute approximate surface area is 134 Å². The number of nitrogens with one attached hydrogen (secondary N) is 3. The molecule has 8 heteroatoms. The molecule has 0 saturated heterocycles. The molecule has 2 amide bonds. The molecule has 1 heterocycles. The molecule has 1 atom stereocenters. The van der Waals surface area contributed by atoms with Gasteiger partial charge in [-0.05, 0) is 47.7 Å². The van der Waals surface area contributed by atoms with E-state index >= 15 is 0 Å². The molecule has 110 valence electrons. The molecule has 0 radical (unpaired) electrons. The lowest BCUT2D eigenvalue weighted by molar-refractivity contribution is 0.0698. The number of nitrogens with zero attached hydrogens (tertiary/aromatic N) is 1. The fourth-order valence-electron chi connectivity index (χ4n) is 1.74. The number of urea groups is 1. The zero-order chi connectivity index (χ0) is 15.4. The lowest BCUT2D eigenvalue weighted by atomic mass is 10.2. The number of hydrogen-bond acceptors (Lipinski definition) is 3. The fraction of sp³-hybridized carbons (Fsp3) is 0.154. The number of amides is 2. The van der Waals surface area contributed by atoms with Gasteiger partial charge in [-0.15, -0.1) is 0 Å². The number of carbonyl (C=O) groups excluding carboxylic acids is 1. The number of benzene rings is 1. The number of carboxylic acids is 1. The standard InChI is InChI=1S/C13H13IN4O3/c1-7(8-5-15-16-6-8)17-13(21)18-11-3-2-9(14)4-10(11)12(19)20/h2-7H,1H3,(H,15,16)(H,19,20)(H2,17,18,21). The van der Waals surface area contributed by atoms with Crippen LogP contribution in [0.5, 0.6) is 0 Å². The number of H-pyrrole nitrogens is 1. The molecular weight excluding hydrogens is 387 g/mol. The van der Waals surface area contributed by atoms with E-state index in [9.17, 15) is 9.59 Å². The first-order valence-electron chi connectivity index (χ1n) is 6.06. The van der Waals surface area contributed by atoms with Crippen LogP contribution in [0, 0.1) is 3.57 Å². The Morgan fingerprint density at radius 1 is 1.43 bits per heavy atom. The molecule has 2 rings (SSSR count). The van der Waals surface area contributed by atoms with Gasteiger partial charge in [0.1, 0.15) is 0 Å². The van der Waals surface area contributed by atoms with E-state index in [1.807, 2.05) is 22.6 Å². The topological polar surface area (TPSA) is 107 Å². The van der Waals surface area contributed by atoms with Gasteiger partial charge >= 0.3 is 12.0 Å². The Kier molecular flexibility index (Phi) is 4.78. The van der Waals surface area contributed by atoms with Gasteiger partial charge < -0.3 is 15.7 Å². The van der Waals surface area contributed by atoms with Crippen LogP contribution in [0.3, 0.4) is 0 Å². The number of aromatic carboxylic acids is 1. The van der Waals surface area contributed by atoms with Gasteiger partial charge in [0.2, 0.25) is 0 Å². The third-order valence-corrected chi connectivity index (χ3v) is 3.50. The summed E-state index contributed by atoms with van der Waals surface area (Å²) in [5, 5.41) is 20.9. The highest BCUT2D eigenvalue weighted by molar-refractivity contribution is 14.1. The normalized spacial score (nSPS) is 11.7. The van der Waals surface area contributed by atoms with E-state index in [2.05, 4.69) is 20.8 Å². The van der Waals surface area contributed by atoms with Crippen LogP contribution in [0.15, 0.2) is 30.6 Å². The third-order valence-electron chi connectivity index (χ3n) is 2.83. The summed E-state index contributed by atoms with van der Waals surface area (Å²) in [6, 6.07) is 4.06. The second-order valence-corrected chi connectivity index (χ2v) is 5.59. The molecule has 0 saturated carbocycles. The Morgan fingerprint density at radius 3 is 2.81 bits per heavy atom.